The zero-order valence-electron chi connectivity index (χ0n) is 15.5. The van der Waals surface area contributed by atoms with Gasteiger partial charge in [0.05, 0.1) is 19.9 Å². The molecule has 0 spiro atoms. The van der Waals surface area contributed by atoms with E-state index in [1.807, 2.05) is 0 Å². The van der Waals surface area contributed by atoms with E-state index in [2.05, 4.69) is 15.6 Å². The van der Waals surface area contributed by atoms with Crippen LogP contribution in [0.15, 0.2) is 60.8 Å². The first-order chi connectivity index (χ1) is 13.6. The van der Waals surface area contributed by atoms with Gasteiger partial charge in [0.2, 0.25) is 0 Å². The molecule has 28 heavy (non-hydrogen) atoms. The maximum atomic E-state index is 13.7. The molecular weight excluding hydrogens is 361 g/mol. The quantitative estimate of drug-likeness (QED) is 0.649. The highest BCUT2D eigenvalue weighted by molar-refractivity contribution is 5.94. The lowest BCUT2D eigenvalue weighted by Crippen LogP contribution is -2.23. The summed E-state index contributed by atoms with van der Waals surface area (Å²) in [7, 11) is 3.13. The molecule has 0 saturated heterocycles. The number of ether oxygens (including phenoxy) is 2. The second-order valence-corrected chi connectivity index (χ2v) is 5.90. The Hall–Kier alpha value is -3.61. The lowest BCUT2D eigenvalue weighted by molar-refractivity contribution is 0.0950. The summed E-state index contributed by atoms with van der Waals surface area (Å²) in [5, 5.41) is 5.83. The van der Waals surface area contributed by atoms with Crippen LogP contribution in [0, 0.1) is 5.82 Å². The van der Waals surface area contributed by atoms with Crippen molar-refractivity contribution in [2.45, 2.75) is 6.54 Å². The molecule has 3 rings (SSSR count). The topological polar surface area (TPSA) is 72.5 Å². The van der Waals surface area contributed by atoms with Crippen LogP contribution in [0.5, 0.6) is 11.5 Å². The summed E-state index contributed by atoms with van der Waals surface area (Å²) < 4.78 is 24.2. The van der Waals surface area contributed by atoms with Gasteiger partial charge in [-0.3, -0.25) is 4.79 Å². The van der Waals surface area contributed by atoms with Crippen molar-refractivity contribution in [3.8, 4) is 11.5 Å². The maximum Gasteiger partial charge on any atom is 0.251 e. The summed E-state index contributed by atoms with van der Waals surface area (Å²) in [6.45, 7) is 0.100. The molecule has 0 aliphatic rings. The normalized spacial score (nSPS) is 10.2. The summed E-state index contributed by atoms with van der Waals surface area (Å²) in [6.07, 6.45) is 1.52. The van der Waals surface area contributed by atoms with Crippen molar-refractivity contribution in [2.75, 3.05) is 19.5 Å². The molecule has 0 atom stereocenters. The van der Waals surface area contributed by atoms with Crippen molar-refractivity contribution in [3.63, 3.8) is 0 Å². The first-order valence-corrected chi connectivity index (χ1v) is 8.57. The predicted octanol–water partition coefficient (Wildman–Crippen LogP) is 3.91. The molecule has 1 amide bonds. The number of rotatable bonds is 7. The van der Waals surface area contributed by atoms with Crippen LogP contribution >= 0.6 is 0 Å². The van der Waals surface area contributed by atoms with Crippen molar-refractivity contribution in [1.29, 1.82) is 0 Å². The molecule has 0 fully saturated rings. The van der Waals surface area contributed by atoms with Crippen molar-refractivity contribution in [2.24, 2.45) is 0 Å². The molecular formula is C21H20FN3O3. The molecule has 0 aliphatic carbocycles. The lowest BCUT2D eigenvalue weighted by Gasteiger charge is -2.12. The van der Waals surface area contributed by atoms with E-state index >= 15 is 0 Å². The van der Waals surface area contributed by atoms with Crippen LogP contribution in [0.1, 0.15) is 15.9 Å². The third-order valence-corrected chi connectivity index (χ3v) is 4.09. The summed E-state index contributed by atoms with van der Waals surface area (Å²) in [5.74, 6) is 1.04. The highest BCUT2D eigenvalue weighted by atomic mass is 19.1. The number of anilines is 2. The second kappa shape index (κ2) is 8.85. The van der Waals surface area contributed by atoms with E-state index in [0.717, 1.165) is 0 Å². The number of amides is 1. The molecule has 6 nitrogen and oxygen atoms in total. The van der Waals surface area contributed by atoms with Gasteiger partial charge in [-0.05, 0) is 30.3 Å². The fourth-order valence-corrected chi connectivity index (χ4v) is 2.60. The Morgan fingerprint density at radius 3 is 2.64 bits per heavy atom. The first kappa shape index (κ1) is 19.2. The highest BCUT2D eigenvalue weighted by Gasteiger charge is 2.10. The molecule has 1 aromatic heterocycles. The smallest absolute Gasteiger partial charge is 0.251 e. The summed E-state index contributed by atoms with van der Waals surface area (Å²) >= 11 is 0. The van der Waals surface area contributed by atoms with Crippen LogP contribution < -0.4 is 20.1 Å². The first-order valence-electron chi connectivity index (χ1n) is 8.57. The van der Waals surface area contributed by atoms with E-state index in [1.165, 1.54) is 12.3 Å². The minimum atomic E-state index is -0.355. The van der Waals surface area contributed by atoms with Crippen LogP contribution in [0.2, 0.25) is 0 Å². The molecule has 3 aromatic rings. The van der Waals surface area contributed by atoms with Crippen LogP contribution in [0.25, 0.3) is 0 Å². The number of halogens is 1. The third kappa shape index (κ3) is 4.56. The van der Waals surface area contributed by atoms with Gasteiger partial charge in [-0.25, -0.2) is 9.37 Å². The van der Waals surface area contributed by atoms with Crippen molar-refractivity contribution in [1.82, 2.24) is 10.3 Å². The fraction of sp³-hybridized carbons (Fsp3) is 0.143. The lowest BCUT2D eigenvalue weighted by atomic mass is 10.2. The van der Waals surface area contributed by atoms with Gasteiger partial charge in [-0.15, -0.1) is 0 Å². The van der Waals surface area contributed by atoms with E-state index in [4.69, 9.17) is 9.47 Å². The van der Waals surface area contributed by atoms with Crippen molar-refractivity contribution in [3.05, 3.63) is 77.7 Å². The van der Waals surface area contributed by atoms with Crippen LogP contribution in [-0.2, 0) is 6.54 Å². The molecule has 2 N–H and O–H groups in total. The maximum absolute atomic E-state index is 13.7. The molecule has 0 radical (unpaired) electrons. The minimum Gasteiger partial charge on any atom is -0.497 e. The number of aromatic nitrogens is 1. The van der Waals surface area contributed by atoms with Crippen LogP contribution in [0.3, 0.4) is 0 Å². The molecule has 1 heterocycles. The van der Waals surface area contributed by atoms with Crippen LogP contribution in [-0.4, -0.2) is 25.1 Å². The Morgan fingerprint density at radius 2 is 1.89 bits per heavy atom. The Balaban J connectivity index is 1.72. The molecule has 0 aliphatic heterocycles. The number of carbonyl (C=O) groups excluding carboxylic acids is 1. The van der Waals surface area contributed by atoms with E-state index < -0.39 is 0 Å². The van der Waals surface area contributed by atoms with Gasteiger partial charge < -0.3 is 20.1 Å². The number of pyridine rings is 1. The summed E-state index contributed by atoms with van der Waals surface area (Å²) in [6, 6.07) is 14.8. The van der Waals surface area contributed by atoms with E-state index in [-0.39, 0.29) is 18.3 Å². The molecule has 0 unspecified atom stereocenters. The SMILES string of the molecule is COc1ccc(Nc2cc(C(=O)NCc3ccccc3F)ccn2)c(OC)c1. The number of hydrogen-bond acceptors (Lipinski definition) is 5. The number of carbonyl (C=O) groups is 1. The van der Waals surface area contributed by atoms with Gasteiger partial charge >= 0.3 is 0 Å². The number of nitrogens with zero attached hydrogens (tertiary/aromatic N) is 1. The zero-order valence-corrected chi connectivity index (χ0v) is 15.5. The van der Waals surface area contributed by atoms with E-state index in [9.17, 15) is 9.18 Å². The average Bonchev–Trinajstić information content (AvgIpc) is 2.73. The van der Waals surface area contributed by atoms with E-state index in [1.54, 1.807) is 62.8 Å². The average molecular weight is 381 g/mol. The van der Waals surface area contributed by atoms with Gasteiger partial charge in [-0.2, -0.15) is 0 Å². The van der Waals surface area contributed by atoms with Gasteiger partial charge in [-0.1, -0.05) is 18.2 Å². The van der Waals surface area contributed by atoms with Crippen molar-refractivity contribution >= 4 is 17.4 Å². The standard InChI is InChI=1S/C21H20FN3O3/c1-27-16-7-8-18(19(12-16)28-2)25-20-11-14(9-10-23-20)21(26)24-13-15-5-3-4-6-17(15)22/h3-12H,13H2,1-2H3,(H,23,25)(H,24,26). The fourth-order valence-electron chi connectivity index (χ4n) is 2.60. The third-order valence-electron chi connectivity index (χ3n) is 4.09. The number of benzene rings is 2. The Morgan fingerprint density at radius 1 is 1.07 bits per heavy atom. The number of methoxy groups -OCH3 is 2. The largest absolute Gasteiger partial charge is 0.497 e. The van der Waals surface area contributed by atoms with Crippen molar-refractivity contribution < 1.29 is 18.7 Å². The molecule has 144 valence electrons. The Labute approximate surface area is 162 Å². The Kier molecular flexibility index (Phi) is 6.06. The summed E-state index contributed by atoms with van der Waals surface area (Å²) in [4.78, 5) is 16.6. The minimum absolute atomic E-state index is 0.100. The molecule has 7 heteroatoms. The molecule has 0 bridgehead atoms. The summed E-state index contributed by atoms with van der Waals surface area (Å²) in [5.41, 5.74) is 1.51. The van der Waals surface area contributed by atoms with Gasteiger partial charge in [0, 0.05) is 29.9 Å². The van der Waals surface area contributed by atoms with E-state index in [0.29, 0.717) is 34.1 Å². The van der Waals surface area contributed by atoms with Gasteiger partial charge in [0.15, 0.2) is 0 Å². The zero-order chi connectivity index (χ0) is 19.9. The molecule has 0 saturated carbocycles. The second-order valence-electron chi connectivity index (χ2n) is 5.90. The number of hydrogen-bond donors (Lipinski definition) is 2. The molecule has 2 aromatic carbocycles. The monoisotopic (exact) mass is 381 g/mol. The predicted molar refractivity (Wildman–Crippen MR) is 105 cm³/mol. The number of nitrogens with one attached hydrogen (secondary N) is 2. The highest BCUT2D eigenvalue weighted by Crippen LogP contribution is 2.31. The Bertz CT molecular complexity index is 979. The van der Waals surface area contributed by atoms with Crippen LogP contribution in [0.4, 0.5) is 15.9 Å². The van der Waals surface area contributed by atoms with Gasteiger partial charge in [0.1, 0.15) is 23.1 Å². The van der Waals surface area contributed by atoms with Gasteiger partial charge in [0.25, 0.3) is 5.91 Å².